The molecule has 0 saturated heterocycles. The van der Waals surface area contributed by atoms with Gasteiger partial charge in [0.05, 0.1) is 5.41 Å². The Morgan fingerprint density at radius 1 is 1.15 bits per heavy atom. The maximum atomic E-state index is 12.1. The van der Waals surface area contributed by atoms with Crippen LogP contribution in [0.4, 0.5) is 0 Å². The highest BCUT2D eigenvalue weighted by Crippen LogP contribution is 2.40. The normalized spacial score (nSPS) is 31.4. The summed E-state index contributed by atoms with van der Waals surface area (Å²) < 4.78 is 5.59. The Hall–Kier alpha value is -1.19. The Balaban J connectivity index is 2.10. The number of Topliss-reactive ketones (excluding diaryl/α,β-unsaturated/α-hetero) is 2. The van der Waals surface area contributed by atoms with Gasteiger partial charge in [0.15, 0.2) is 0 Å². The molecular weight excluding hydrogens is 256 g/mol. The molecule has 2 saturated carbocycles. The summed E-state index contributed by atoms with van der Waals surface area (Å²) in [7, 11) is 0. The first-order chi connectivity index (χ1) is 9.29. The van der Waals surface area contributed by atoms with Crippen molar-refractivity contribution in [3.8, 4) is 0 Å². The molecule has 0 aromatic carbocycles. The Morgan fingerprint density at radius 3 is 2.50 bits per heavy atom. The number of esters is 1. The molecule has 2 aliphatic rings. The minimum Gasteiger partial charge on any atom is -0.462 e. The van der Waals surface area contributed by atoms with Crippen molar-refractivity contribution in [2.45, 2.75) is 65.4 Å². The van der Waals surface area contributed by atoms with Crippen molar-refractivity contribution in [2.24, 2.45) is 17.3 Å². The summed E-state index contributed by atoms with van der Waals surface area (Å²) >= 11 is 0. The molecule has 20 heavy (non-hydrogen) atoms. The zero-order valence-electron chi connectivity index (χ0n) is 12.6. The minimum absolute atomic E-state index is 0.0861. The first-order valence-electron chi connectivity index (χ1n) is 7.54. The van der Waals surface area contributed by atoms with Gasteiger partial charge in [-0.15, -0.1) is 0 Å². The molecule has 112 valence electrons. The third-order valence-electron chi connectivity index (χ3n) is 4.38. The maximum Gasteiger partial charge on any atom is 0.311 e. The molecule has 0 unspecified atom stereocenters. The van der Waals surface area contributed by atoms with Crippen LogP contribution < -0.4 is 0 Å². The molecule has 0 aromatic heterocycles. The van der Waals surface area contributed by atoms with Gasteiger partial charge in [0, 0.05) is 31.1 Å². The Labute approximate surface area is 120 Å². The van der Waals surface area contributed by atoms with Gasteiger partial charge in [0.2, 0.25) is 0 Å². The zero-order chi connectivity index (χ0) is 14.9. The van der Waals surface area contributed by atoms with E-state index in [1.807, 2.05) is 20.8 Å². The fourth-order valence-electron chi connectivity index (χ4n) is 3.18. The lowest BCUT2D eigenvalue weighted by Crippen LogP contribution is -2.34. The van der Waals surface area contributed by atoms with Crippen molar-refractivity contribution in [1.29, 1.82) is 0 Å². The molecule has 2 aliphatic carbocycles. The van der Waals surface area contributed by atoms with E-state index in [1.54, 1.807) is 0 Å². The third kappa shape index (κ3) is 3.28. The summed E-state index contributed by atoms with van der Waals surface area (Å²) in [4.78, 5) is 36.0. The maximum absolute atomic E-state index is 12.1. The second-order valence-corrected chi connectivity index (χ2v) is 7.10. The molecule has 0 aromatic rings. The lowest BCUT2D eigenvalue weighted by Gasteiger charge is -2.27. The Bertz CT molecular complexity index is 419. The van der Waals surface area contributed by atoms with E-state index in [-0.39, 0.29) is 35.5 Å². The van der Waals surface area contributed by atoms with E-state index in [4.69, 9.17) is 4.74 Å². The SMILES string of the molecule is CC(C)(C)C(=O)O[C@@H]1CC[C@@H]2C(=O)CCCC(=O)C[C@@H]21. The molecule has 0 amide bonds. The first kappa shape index (κ1) is 15.2. The van der Waals surface area contributed by atoms with Crippen molar-refractivity contribution >= 4 is 17.5 Å². The van der Waals surface area contributed by atoms with Crippen molar-refractivity contribution in [2.75, 3.05) is 0 Å². The quantitative estimate of drug-likeness (QED) is 0.693. The highest BCUT2D eigenvalue weighted by molar-refractivity contribution is 5.86. The van der Waals surface area contributed by atoms with Gasteiger partial charge in [-0.25, -0.2) is 0 Å². The number of carbonyl (C=O) groups excluding carboxylic acids is 3. The van der Waals surface area contributed by atoms with E-state index < -0.39 is 5.41 Å². The van der Waals surface area contributed by atoms with Crippen LogP contribution in [0.25, 0.3) is 0 Å². The molecule has 0 aliphatic heterocycles. The van der Waals surface area contributed by atoms with Gasteiger partial charge in [0.1, 0.15) is 17.7 Å². The van der Waals surface area contributed by atoms with E-state index in [1.165, 1.54) is 0 Å². The van der Waals surface area contributed by atoms with Gasteiger partial charge < -0.3 is 4.74 Å². The Kier molecular flexibility index (Phi) is 4.31. The number of carbonyl (C=O) groups is 3. The molecule has 4 nitrogen and oxygen atoms in total. The molecule has 0 heterocycles. The fourth-order valence-corrected chi connectivity index (χ4v) is 3.18. The van der Waals surface area contributed by atoms with E-state index in [0.717, 1.165) is 6.42 Å². The molecule has 0 spiro atoms. The Morgan fingerprint density at radius 2 is 1.85 bits per heavy atom. The number of fused-ring (bicyclic) bond motifs is 1. The molecule has 0 bridgehead atoms. The average molecular weight is 280 g/mol. The van der Waals surface area contributed by atoms with Crippen LogP contribution >= 0.6 is 0 Å². The van der Waals surface area contributed by atoms with Gasteiger partial charge in [-0.1, -0.05) is 0 Å². The standard InChI is InChI=1S/C16H24O4/c1-16(2,3)15(19)20-14-8-7-11-12(14)9-10(17)5-4-6-13(11)18/h11-12,14H,4-9H2,1-3H3/t11-,12-,14+/m0/s1. The van der Waals surface area contributed by atoms with E-state index in [2.05, 4.69) is 0 Å². The van der Waals surface area contributed by atoms with Crippen molar-refractivity contribution < 1.29 is 19.1 Å². The summed E-state index contributed by atoms with van der Waals surface area (Å²) in [6.07, 6.45) is 3.22. The van der Waals surface area contributed by atoms with Crippen molar-refractivity contribution in [1.82, 2.24) is 0 Å². The third-order valence-corrected chi connectivity index (χ3v) is 4.38. The highest BCUT2D eigenvalue weighted by Gasteiger charge is 2.44. The lowest BCUT2D eigenvalue weighted by atomic mass is 9.82. The summed E-state index contributed by atoms with van der Waals surface area (Å²) in [6, 6.07) is 0. The van der Waals surface area contributed by atoms with E-state index in [9.17, 15) is 14.4 Å². The van der Waals surface area contributed by atoms with Gasteiger partial charge in [-0.05, 0) is 40.0 Å². The topological polar surface area (TPSA) is 60.4 Å². The van der Waals surface area contributed by atoms with Crippen LogP contribution in [-0.4, -0.2) is 23.6 Å². The predicted molar refractivity (Wildman–Crippen MR) is 74.0 cm³/mol. The average Bonchev–Trinajstić information content (AvgIpc) is 2.69. The minimum atomic E-state index is -0.548. The molecule has 3 atom stereocenters. The summed E-state index contributed by atoms with van der Waals surface area (Å²) in [5.41, 5.74) is -0.548. The van der Waals surface area contributed by atoms with E-state index >= 15 is 0 Å². The second-order valence-electron chi connectivity index (χ2n) is 7.10. The van der Waals surface area contributed by atoms with Crippen LogP contribution in [0.3, 0.4) is 0 Å². The molecule has 4 heteroatoms. The van der Waals surface area contributed by atoms with Crippen molar-refractivity contribution in [3.05, 3.63) is 0 Å². The number of rotatable bonds is 1. The van der Waals surface area contributed by atoms with Gasteiger partial charge in [-0.3, -0.25) is 14.4 Å². The second kappa shape index (κ2) is 5.66. The first-order valence-corrected chi connectivity index (χ1v) is 7.54. The van der Waals surface area contributed by atoms with Gasteiger partial charge >= 0.3 is 5.97 Å². The smallest absolute Gasteiger partial charge is 0.311 e. The summed E-state index contributed by atoms with van der Waals surface area (Å²) in [5.74, 6) is 0.0201. The number of ether oxygens (including phenoxy) is 1. The summed E-state index contributed by atoms with van der Waals surface area (Å²) in [5, 5.41) is 0. The van der Waals surface area contributed by atoms with Crippen molar-refractivity contribution in [3.63, 3.8) is 0 Å². The molecule has 0 radical (unpaired) electrons. The molecular formula is C16H24O4. The van der Waals surface area contributed by atoms with Crippen LogP contribution in [0, 0.1) is 17.3 Å². The van der Waals surface area contributed by atoms with E-state index in [0.29, 0.717) is 32.1 Å². The van der Waals surface area contributed by atoms with Crippen LogP contribution in [0.5, 0.6) is 0 Å². The monoisotopic (exact) mass is 280 g/mol. The lowest BCUT2D eigenvalue weighted by molar-refractivity contribution is -0.162. The van der Waals surface area contributed by atoms with Crippen LogP contribution in [0.15, 0.2) is 0 Å². The number of hydrogen-bond donors (Lipinski definition) is 0. The van der Waals surface area contributed by atoms with Crippen LogP contribution in [0.1, 0.15) is 59.3 Å². The molecule has 2 rings (SSSR count). The predicted octanol–water partition coefficient (Wildman–Crippen LogP) is 2.68. The molecule has 0 N–H and O–H groups in total. The van der Waals surface area contributed by atoms with Gasteiger partial charge in [-0.2, -0.15) is 0 Å². The largest absolute Gasteiger partial charge is 0.462 e. The fraction of sp³-hybridized carbons (Fsp3) is 0.812. The number of hydrogen-bond acceptors (Lipinski definition) is 4. The summed E-state index contributed by atoms with van der Waals surface area (Å²) in [6.45, 7) is 5.45. The number of ketones is 2. The van der Waals surface area contributed by atoms with Crippen LogP contribution in [0.2, 0.25) is 0 Å². The molecule has 2 fully saturated rings. The van der Waals surface area contributed by atoms with Gasteiger partial charge in [0.25, 0.3) is 0 Å². The highest BCUT2D eigenvalue weighted by atomic mass is 16.5. The van der Waals surface area contributed by atoms with Crippen LogP contribution in [-0.2, 0) is 19.1 Å². The zero-order valence-corrected chi connectivity index (χ0v) is 12.6.